The van der Waals surface area contributed by atoms with E-state index in [9.17, 15) is 9.90 Å². The monoisotopic (exact) mass is 166 g/mol. The molecule has 0 saturated heterocycles. The molecule has 0 aromatic heterocycles. The first-order valence-corrected chi connectivity index (χ1v) is 1.95. The van der Waals surface area contributed by atoms with E-state index in [0.29, 0.717) is 0 Å². The van der Waals surface area contributed by atoms with Crippen molar-refractivity contribution in [3.63, 3.8) is 0 Å². The first-order chi connectivity index (χ1) is 4.22. The summed E-state index contributed by atoms with van der Waals surface area (Å²) in [5.74, 6) is -1.64. The van der Waals surface area contributed by atoms with Crippen LogP contribution in [0.1, 0.15) is 0 Å². The Morgan fingerprint density at radius 2 is 2.30 bits per heavy atom. The van der Waals surface area contributed by atoms with Gasteiger partial charge in [0.15, 0.2) is 0 Å². The van der Waals surface area contributed by atoms with Crippen molar-refractivity contribution in [3.8, 4) is 6.07 Å². The van der Waals surface area contributed by atoms with E-state index in [1.165, 1.54) is 6.07 Å². The number of nitrogens with zero attached hydrogens (tertiary/aromatic N) is 2. The van der Waals surface area contributed by atoms with Crippen molar-refractivity contribution in [2.75, 3.05) is 7.11 Å². The van der Waals surface area contributed by atoms with Gasteiger partial charge in [0.1, 0.15) is 19.1 Å². The molecule has 0 spiro atoms. The second kappa shape index (κ2) is 7.18. The summed E-state index contributed by atoms with van der Waals surface area (Å²) in [4.78, 5) is 13.8. The molecule has 0 rings (SSSR count). The SMILES string of the molecule is CON=C(C#N)C(=O)[O-].[K+]. The number of rotatable bonds is 2. The predicted octanol–water partition coefficient (Wildman–Crippen LogP) is -4.73. The maximum Gasteiger partial charge on any atom is 1.00 e. The van der Waals surface area contributed by atoms with Gasteiger partial charge >= 0.3 is 51.4 Å². The smallest absolute Gasteiger partial charge is 0.542 e. The topological polar surface area (TPSA) is 85.5 Å². The van der Waals surface area contributed by atoms with Gasteiger partial charge in [-0.25, -0.2) is 0 Å². The molecule has 0 aromatic carbocycles. The van der Waals surface area contributed by atoms with Crippen molar-refractivity contribution in [2.45, 2.75) is 0 Å². The third kappa shape index (κ3) is 4.90. The van der Waals surface area contributed by atoms with Gasteiger partial charge in [-0.2, -0.15) is 5.26 Å². The molecule has 0 atom stereocenters. The number of oxime groups is 1. The molecule has 0 bridgehead atoms. The van der Waals surface area contributed by atoms with E-state index < -0.39 is 11.7 Å². The van der Waals surface area contributed by atoms with Crippen molar-refractivity contribution in [1.82, 2.24) is 0 Å². The van der Waals surface area contributed by atoms with Gasteiger partial charge in [-0.05, 0) is 0 Å². The molecule has 6 heteroatoms. The molecule has 0 aromatic rings. The molecular weight excluding hydrogens is 163 g/mol. The van der Waals surface area contributed by atoms with E-state index in [4.69, 9.17) is 5.26 Å². The van der Waals surface area contributed by atoms with Gasteiger partial charge in [0.05, 0.1) is 0 Å². The average molecular weight is 166 g/mol. The number of carbonyl (C=O) groups is 1. The Morgan fingerprint density at radius 3 is 2.40 bits per heavy atom. The third-order valence-electron chi connectivity index (χ3n) is 0.482. The molecule has 48 valence electrons. The van der Waals surface area contributed by atoms with Gasteiger partial charge in [0.2, 0.25) is 5.71 Å². The van der Waals surface area contributed by atoms with Crippen LogP contribution in [0.3, 0.4) is 0 Å². The van der Waals surface area contributed by atoms with Crippen LogP contribution in [0.25, 0.3) is 0 Å². The predicted molar refractivity (Wildman–Crippen MR) is 25.1 cm³/mol. The minimum absolute atomic E-state index is 0. The second-order valence-corrected chi connectivity index (χ2v) is 1.02. The zero-order chi connectivity index (χ0) is 7.28. The minimum Gasteiger partial charge on any atom is -0.542 e. The van der Waals surface area contributed by atoms with E-state index in [1.54, 1.807) is 0 Å². The Hall–Kier alpha value is 0.0664. The number of carbonyl (C=O) groups excluding carboxylic acids is 1. The summed E-state index contributed by atoms with van der Waals surface area (Å²) < 4.78 is 0. The van der Waals surface area contributed by atoms with Gasteiger partial charge in [-0.1, -0.05) is 5.16 Å². The van der Waals surface area contributed by atoms with Crippen LogP contribution < -0.4 is 56.5 Å². The van der Waals surface area contributed by atoms with Crippen LogP contribution in [0.4, 0.5) is 0 Å². The summed E-state index contributed by atoms with van der Waals surface area (Å²) in [6.45, 7) is 0. The molecule has 0 amide bonds. The van der Waals surface area contributed by atoms with E-state index in [2.05, 4.69) is 9.99 Å². The Kier molecular flexibility index (Phi) is 9.13. The van der Waals surface area contributed by atoms with Crippen LogP contribution in [0, 0.1) is 11.3 Å². The fourth-order valence-electron chi connectivity index (χ4n) is 0.195. The van der Waals surface area contributed by atoms with E-state index in [1.807, 2.05) is 0 Å². The molecule has 0 heterocycles. The summed E-state index contributed by atoms with van der Waals surface area (Å²) in [5.41, 5.74) is -0.766. The molecule has 0 unspecified atom stereocenters. The molecule has 0 fully saturated rings. The molecule has 10 heavy (non-hydrogen) atoms. The fraction of sp³-hybridized carbons (Fsp3) is 0.250. The van der Waals surface area contributed by atoms with Crippen molar-refractivity contribution in [3.05, 3.63) is 0 Å². The van der Waals surface area contributed by atoms with Gasteiger partial charge in [0, 0.05) is 0 Å². The summed E-state index contributed by atoms with van der Waals surface area (Å²) in [6.07, 6.45) is 0. The summed E-state index contributed by atoms with van der Waals surface area (Å²) in [5, 5.41) is 20.6. The number of nitriles is 1. The van der Waals surface area contributed by atoms with Crippen molar-refractivity contribution in [1.29, 1.82) is 5.26 Å². The van der Waals surface area contributed by atoms with Crippen LogP contribution in [0.2, 0.25) is 0 Å². The molecule has 0 aliphatic rings. The van der Waals surface area contributed by atoms with Crippen LogP contribution in [0.5, 0.6) is 0 Å². The van der Waals surface area contributed by atoms with Crippen molar-refractivity contribution < 1.29 is 66.1 Å². The molecule has 0 N–H and O–H groups in total. The van der Waals surface area contributed by atoms with Crippen LogP contribution >= 0.6 is 0 Å². The maximum atomic E-state index is 9.78. The zero-order valence-electron chi connectivity index (χ0n) is 5.62. The molecule has 0 aliphatic carbocycles. The van der Waals surface area contributed by atoms with E-state index >= 15 is 0 Å². The quantitative estimate of drug-likeness (QED) is 0.234. The Morgan fingerprint density at radius 1 is 1.80 bits per heavy atom. The van der Waals surface area contributed by atoms with Gasteiger partial charge in [0.25, 0.3) is 0 Å². The summed E-state index contributed by atoms with van der Waals surface area (Å²) in [6, 6.07) is 1.27. The summed E-state index contributed by atoms with van der Waals surface area (Å²) in [7, 11) is 1.14. The van der Waals surface area contributed by atoms with Crippen molar-refractivity contribution in [2.24, 2.45) is 5.16 Å². The molecule has 5 nitrogen and oxygen atoms in total. The molecule has 0 saturated carbocycles. The summed E-state index contributed by atoms with van der Waals surface area (Å²) >= 11 is 0. The van der Waals surface area contributed by atoms with Crippen LogP contribution in [-0.2, 0) is 9.63 Å². The van der Waals surface area contributed by atoms with Gasteiger partial charge in [-0.15, -0.1) is 0 Å². The molecular formula is C4H3KN2O3. The number of aliphatic carboxylic acids is 1. The normalized spacial score (nSPS) is 9.00. The van der Waals surface area contributed by atoms with Crippen LogP contribution in [0.15, 0.2) is 5.16 Å². The number of hydrogen-bond acceptors (Lipinski definition) is 5. The first kappa shape index (κ1) is 12.7. The molecule has 0 radical (unpaired) electrons. The Balaban J connectivity index is 0. The Bertz CT molecular complexity index is 183. The van der Waals surface area contributed by atoms with Crippen molar-refractivity contribution >= 4 is 11.7 Å². The zero-order valence-corrected chi connectivity index (χ0v) is 8.74. The second-order valence-electron chi connectivity index (χ2n) is 1.02. The number of carboxylic acids is 1. The minimum atomic E-state index is -1.64. The standard InChI is InChI=1S/C4H4N2O3.K/c1-9-6-3(2-5)4(7)8;/h1H3,(H,7,8);/q;+1/p-1. The van der Waals surface area contributed by atoms with E-state index in [-0.39, 0.29) is 51.4 Å². The largest absolute Gasteiger partial charge is 1.00 e. The fourth-order valence-corrected chi connectivity index (χ4v) is 0.195. The first-order valence-electron chi connectivity index (χ1n) is 1.95. The Labute approximate surface area is 100 Å². The van der Waals surface area contributed by atoms with Gasteiger partial charge in [-0.3, -0.25) is 0 Å². The third-order valence-corrected chi connectivity index (χ3v) is 0.482. The van der Waals surface area contributed by atoms with Crippen LogP contribution in [-0.4, -0.2) is 18.8 Å². The maximum absolute atomic E-state index is 9.78. The molecule has 0 aliphatic heterocycles. The number of carboxylic acid groups (broad SMARTS) is 1. The average Bonchev–Trinajstić information content (AvgIpc) is 1.82. The number of hydrogen-bond donors (Lipinski definition) is 0. The van der Waals surface area contributed by atoms with Gasteiger partial charge < -0.3 is 14.7 Å². The van der Waals surface area contributed by atoms with E-state index in [0.717, 1.165) is 7.11 Å².